The fourth-order valence-electron chi connectivity index (χ4n) is 4.27. The Balaban J connectivity index is 1.26. The van der Waals surface area contributed by atoms with Crippen LogP contribution in [0.25, 0.3) is 0 Å². The molecule has 6 nitrogen and oxygen atoms in total. The van der Waals surface area contributed by atoms with Gasteiger partial charge in [0.25, 0.3) is 5.91 Å². The number of amides is 1. The molecular weight excluding hydrogens is 418 g/mol. The SMILES string of the molecule is O=C(Nc1nc([C@H]2CCCN2Cc2ccccc2)cs1)c1cccn1Cc1ccncc1. The number of benzene rings is 1. The Bertz CT molecular complexity index is 1170. The van der Waals surface area contributed by atoms with E-state index in [9.17, 15) is 4.79 Å². The van der Waals surface area contributed by atoms with Crippen LogP contribution < -0.4 is 5.32 Å². The zero-order chi connectivity index (χ0) is 21.8. The number of anilines is 1. The van der Waals surface area contributed by atoms with Crippen LogP contribution in [0.15, 0.2) is 78.6 Å². The van der Waals surface area contributed by atoms with Crippen molar-refractivity contribution >= 4 is 22.4 Å². The van der Waals surface area contributed by atoms with E-state index < -0.39 is 0 Å². The summed E-state index contributed by atoms with van der Waals surface area (Å²) < 4.78 is 1.94. The second kappa shape index (κ2) is 9.46. The van der Waals surface area contributed by atoms with Crippen molar-refractivity contribution in [3.63, 3.8) is 0 Å². The normalized spacial score (nSPS) is 16.3. The van der Waals surface area contributed by atoms with E-state index in [1.807, 2.05) is 41.1 Å². The number of hydrogen-bond donors (Lipinski definition) is 1. The molecule has 1 fully saturated rings. The highest BCUT2D eigenvalue weighted by Gasteiger charge is 2.28. The number of nitrogens with one attached hydrogen (secondary N) is 1. The first-order valence-corrected chi connectivity index (χ1v) is 11.7. The molecule has 0 spiro atoms. The second-order valence-corrected chi connectivity index (χ2v) is 8.88. The topological polar surface area (TPSA) is 63.1 Å². The monoisotopic (exact) mass is 443 g/mol. The van der Waals surface area contributed by atoms with E-state index in [1.165, 1.54) is 23.3 Å². The van der Waals surface area contributed by atoms with Crippen molar-refractivity contribution in [2.75, 3.05) is 11.9 Å². The zero-order valence-electron chi connectivity index (χ0n) is 17.7. The van der Waals surface area contributed by atoms with Crippen molar-refractivity contribution < 1.29 is 4.79 Å². The highest BCUT2D eigenvalue weighted by atomic mass is 32.1. The van der Waals surface area contributed by atoms with Crippen molar-refractivity contribution in [3.8, 4) is 0 Å². The van der Waals surface area contributed by atoms with Crippen molar-refractivity contribution in [3.05, 3.63) is 101 Å². The smallest absolute Gasteiger partial charge is 0.274 e. The van der Waals surface area contributed by atoms with Crippen molar-refractivity contribution in [1.82, 2.24) is 19.4 Å². The number of likely N-dealkylation sites (tertiary alicyclic amines) is 1. The fourth-order valence-corrected chi connectivity index (χ4v) is 5.02. The molecule has 0 saturated carbocycles. The number of nitrogens with zero attached hydrogens (tertiary/aromatic N) is 4. The molecule has 1 saturated heterocycles. The van der Waals surface area contributed by atoms with E-state index >= 15 is 0 Å². The van der Waals surface area contributed by atoms with Gasteiger partial charge in [0.15, 0.2) is 5.13 Å². The van der Waals surface area contributed by atoms with E-state index in [4.69, 9.17) is 4.98 Å². The summed E-state index contributed by atoms with van der Waals surface area (Å²) >= 11 is 1.49. The van der Waals surface area contributed by atoms with E-state index in [-0.39, 0.29) is 5.91 Å². The number of rotatable bonds is 7. The minimum absolute atomic E-state index is 0.141. The molecule has 4 heterocycles. The molecule has 32 heavy (non-hydrogen) atoms. The quantitative estimate of drug-likeness (QED) is 0.438. The Morgan fingerprint density at radius 1 is 1.03 bits per heavy atom. The summed E-state index contributed by atoms with van der Waals surface area (Å²) in [5, 5.41) is 5.73. The highest BCUT2D eigenvalue weighted by Crippen LogP contribution is 2.34. The average molecular weight is 444 g/mol. The lowest BCUT2D eigenvalue weighted by atomic mass is 10.1. The minimum atomic E-state index is -0.141. The second-order valence-electron chi connectivity index (χ2n) is 8.02. The van der Waals surface area contributed by atoms with Gasteiger partial charge in [0.1, 0.15) is 5.69 Å². The van der Waals surface area contributed by atoms with Gasteiger partial charge in [0, 0.05) is 37.1 Å². The molecule has 0 radical (unpaired) electrons. The Kier molecular flexibility index (Phi) is 6.09. The number of carbonyl (C=O) groups excluding carboxylic acids is 1. The Morgan fingerprint density at radius 2 is 1.84 bits per heavy atom. The summed E-state index contributed by atoms with van der Waals surface area (Å²) in [6.45, 7) is 2.62. The molecule has 0 bridgehead atoms. The van der Waals surface area contributed by atoms with E-state index in [1.54, 1.807) is 12.4 Å². The summed E-state index contributed by atoms with van der Waals surface area (Å²) in [5.41, 5.74) is 4.08. The van der Waals surface area contributed by atoms with Gasteiger partial charge in [0.2, 0.25) is 0 Å². The maximum Gasteiger partial charge on any atom is 0.274 e. The summed E-state index contributed by atoms with van der Waals surface area (Å²) in [6, 6.07) is 18.5. The summed E-state index contributed by atoms with van der Waals surface area (Å²) in [4.78, 5) is 24.2. The van der Waals surface area contributed by atoms with Crippen LogP contribution in [0, 0.1) is 0 Å². The van der Waals surface area contributed by atoms with Gasteiger partial charge in [-0.25, -0.2) is 4.98 Å². The molecule has 1 amide bonds. The van der Waals surface area contributed by atoms with Gasteiger partial charge in [-0.15, -0.1) is 11.3 Å². The van der Waals surface area contributed by atoms with Crippen molar-refractivity contribution in [2.45, 2.75) is 32.0 Å². The Morgan fingerprint density at radius 3 is 2.69 bits per heavy atom. The van der Waals surface area contributed by atoms with Crippen molar-refractivity contribution in [2.24, 2.45) is 0 Å². The predicted molar refractivity (Wildman–Crippen MR) is 127 cm³/mol. The Hall–Kier alpha value is -3.29. The van der Waals surface area contributed by atoms with Crippen molar-refractivity contribution in [1.29, 1.82) is 0 Å². The molecule has 3 aromatic heterocycles. The summed E-state index contributed by atoms with van der Waals surface area (Å²) in [6.07, 6.45) is 7.71. The number of carbonyl (C=O) groups is 1. The van der Waals surface area contributed by atoms with Crippen LogP contribution in [0.5, 0.6) is 0 Å². The molecule has 1 aromatic carbocycles. The molecule has 0 unspecified atom stereocenters. The van der Waals surface area contributed by atoms with Gasteiger partial charge in [0.05, 0.1) is 11.7 Å². The average Bonchev–Trinajstić information content (AvgIpc) is 3.56. The number of hydrogen-bond acceptors (Lipinski definition) is 5. The van der Waals surface area contributed by atoms with Gasteiger partial charge in [-0.05, 0) is 54.8 Å². The molecule has 1 atom stereocenters. The van der Waals surface area contributed by atoms with Gasteiger partial charge in [-0.3, -0.25) is 20.0 Å². The minimum Gasteiger partial charge on any atom is -0.339 e. The third kappa shape index (κ3) is 4.64. The molecule has 1 aliphatic heterocycles. The largest absolute Gasteiger partial charge is 0.339 e. The van der Waals surface area contributed by atoms with Gasteiger partial charge < -0.3 is 4.57 Å². The first-order valence-electron chi connectivity index (χ1n) is 10.8. The summed E-state index contributed by atoms with van der Waals surface area (Å²) in [7, 11) is 0. The summed E-state index contributed by atoms with van der Waals surface area (Å²) in [5.74, 6) is -0.141. The van der Waals surface area contributed by atoms with E-state index in [2.05, 4.69) is 44.8 Å². The molecule has 162 valence electrons. The van der Waals surface area contributed by atoms with Crippen LogP contribution in [-0.2, 0) is 13.1 Å². The van der Waals surface area contributed by atoms with Crippen LogP contribution in [0.1, 0.15) is 46.2 Å². The molecule has 4 aromatic rings. The standard InChI is InChI=1S/C25H25N5OS/c31-24(23-9-5-15-30(23)17-20-10-12-26-13-11-20)28-25-27-21(18-32-25)22-8-4-14-29(22)16-19-6-2-1-3-7-19/h1-3,5-7,9-13,15,18,22H,4,8,14,16-17H2,(H,27,28,31)/t22-/m1/s1. The first-order chi connectivity index (χ1) is 15.8. The molecule has 0 aliphatic carbocycles. The Labute approximate surface area is 191 Å². The molecular formula is C25H25N5OS. The predicted octanol–water partition coefficient (Wildman–Crippen LogP) is 4.98. The van der Waals surface area contributed by atoms with Crippen LogP contribution in [0.4, 0.5) is 5.13 Å². The lowest BCUT2D eigenvalue weighted by Gasteiger charge is -2.23. The van der Waals surface area contributed by atoms with E-state index in [0.29, 0.717) is 23.4 Å². The van der Waals surface area contributed by atoms with Crippen LogP contribution >= 0.6 is 11.3 Å². The maximum absolute atomic E-state index is 12.9. The molecule has 7 heteroatoms. The number of thiazole rings is 1. The van der Waals surface area contributed by atoms with E-state index in [0.717, 1.165) is 30.8 Å². The van der Waals surface area contributed by atoms with Crippen LogP contribution in [0.2, 0.25) is 0 Å². The fraction of sp³-hybridized carbons (Fsp3) is 0.240. The van der Waals surface area contributed by atoms with Gasteiger partial charge >= 0.3 is 0 Å². The van der Waals surface area contributed by atoms with Crippen LogP contribution in [0.3, 0.4) is 0 Å². The maximum atomic E-state index is 12.9. The highest BCUT2D eigenvalue weighted by molar-refractivity contribution is 7.14. The lowest BCUT2D eigenvalue weighted by molar-refractivity contribution is 0.101. The molecule has 1 N–H and O–H groups in total. The molecule has 1 aliphatic rings. The zero-order valence-corrected chi connectivity index (χ0v) is 18.5. The van der Waals surface area contributed by atoms with Gasteiger partial charge in [-0.2, -0.15) is 0 Å². The first kappa shape index (κ1) is 20.6. The molecule has 5 rings (SSSR count). The number of pyridine rings is 1. The number of aromatic nitrogens is 3. The third-order valence-corrected chi connectivity index (χ3v) is 6.62. The third-order valence-electron chi connectivity index (χ3n) is 5.84. The van der Waals surface area contributed by atoms with Crippen LogP contribution in [-0.4, -0.2) is 31.9 Å². The van der Waals surface area contributed by atoms with Gasteiger partial charge in [-0.1, -0.05) is 30.3 Å². The lowest BCUT2D eigenvalue weighted by Crippen LogP contribution is -2.23.